The van der Waals surface area contributed by atoms with E-state index in [0.29, 0.717) is 11.9 Å². The summed E-state index contributed by atoms with van der Waals surface area (Å²) in [6, 6.07) is 8.97. The lowest BCUT2D eigenvalue weighted by Gasteiger charge is -2.45. The molecule has 4 rings (SSSR count). The van der Waals surface area contributed by atoms with Crippen LogP contribution in [0.5, 0.6) is 0 Å². The van der Waals surface area contributed by atoms with E-state index in [0.717, 1.165) is 18.9 Å². The maximum Gasteiger partial charge on any atom is 0.230 e. The van der Waals surface area contributed by atoms with Crippen molar-refractivity contribution < 1.29 is 4.79 Å². The number of aryl methyl sites for hydroxylation is 1. The molecule has 3 unspecified atom stereocenters. The van der Waals surface area contributed by atoms with Crippen molar-refractivity contribution in [2.75, 3.05) is 6.54 Å². The van der Waals surface area contributed by atoms with Gasteiger partial charge in [-0.05, 0) is 49.7 Å². The largest absolute Gasteiger partial charge is 0.350 e. The molecule has 1 aliphatic carbocycles. The number of amides is 1. The van der Waals surface area contributed by atoms with Crippen molar-refractivity contribution in [3.8, 4) is 0 Å². The summed E-state index contributed by atoms with van der Waals surface area (Å²) in [6.07, 6.45) is 10.7. The number of carbonyl (C=O) groups is 1. The Morgan fingerprint density at radius 2 is 1.92 bits per heavy atom. The number of hydrogen-bond acceptors (Lipinski definition) is 1. The van der Waals surface area contributed by atoms with Gasteiger partial charge in [0.1, 0.15) is 0 Å². The Hall–Kier alpha value is -1.77. The molecule has 3 heteroatoms. The molecule has 1 aliphatic heterocycles. The molecule has 1 saturated heterocycles. The van der Waals surface area contributed by atoms with Crippen molar-refractivity contribution in [1.82, 2.24) is 9.47 Å². The molecule has 134 valence electrons. The minimum atomic E-state index is -0.00761. The Balaban J connectivity index is 1.67. The van der Waals surface area contributed by atoms with Gasteiger partial charge in [-0.3, -0.25) is 4.79 Å². The lowest BCUT2D eigenvalue weighted by Crippen LogP contribution is -2.51. The van der Waals surface area contributed by atoms with Crippen LogP contribution in [-0.2, 0) is 11.8 Å². The highest BCUT2D eigenvalue weighted by Crippen LogP contribution is 2.38. The zero-order chi connectivity index (χ0) is 17.4. The van der Waals surface area contributed by atoms with Gasteiger partial charge in [-0.15, -0.1) is 0 Å². The van der Waals surface area contributed by atoms with Crippen LogP contribution >= 0.6 is 0 Å². The van der Waals surface area contributed by atoms with Crippen LogP contribution in [0.15, 0.2) is 30.5 Å². The zero-order valence-corrected chi connectivity index (χ0v) is 15.6. The maximum atomic E-state index is 13.6. The number of benzene rings is 1. The van der Waals surface area contributed by atoms with E-state index in [2.05, 4.69) is 53.9 Å². The van der Waals surface area contributed by atoms with Crippen LogP contribution in [0.1, 0.15) is 63.4 Å². The van der Waals surface area contributed by atoms with E-state index in [1.165, 1.54) is 55.0 Å². The van der Waals surface area contributed by atoms with Crippen LogP contribution in [-0.4, -0.2) is 28.0 Å². The van der Waals surface area contributed by atoms with Gasteiger partial charge in [-0.1, -0.05) is 38.0 Å². The predicted octanol–water partition coefficient (Wildman–Crippen LogP) is 4.85. The molecular weight excluding hydrogens is 308 g/mol. The van der Waals surface area contributed by atoms with Crippen LogP contribution < -0.4 is 0 Å². The van der Waals surface area contributed by atoms with Crippen LogP contribution in [0.3, 0.4) is 0 Å². The average Bonchev–Trinajstić information content (AvgIpc) is 2.99. The molecule has 1 saturated carbocycles. The SMILES string of the molecule is CCC(C(=O)N1CCCC2CCCCC21)c1cn(C)c2ccccc12. The highest BCUT2D eigenvalue weighted by molar-refractivity contribution is 5.92. The molecule has 2 heterocycles. The van der Waals surface area contributed by atoms with Gasteiger partial charge in [0.15, 0.2) is 0 Å². The summed E-state index contributed by atoms with van der Waals surface area (Å²) in [5.41, 5.74) is 2.43. The van der Waals surface area contributed by atoms with Gasteiger partial charge < -0.3 is 9.47 Å². The third-order valence-electron chi connectivity index (χ3n) is 6.54. The normalized spacial score (nSPS) is 25.0. The summed E-state index contributed by atoms with van der Waals surface area (Å²) >= 11 is 0. The Morgan fingerprint density at radius 3 is 2.76 bits per heavy atom. The third kappa shape index (κ3) is 2.88. The molecule has 1 amide bonds. The van der Waals surface area contributed by atoms with E-state index in [4.69, 9.17) is 0 Å². The topological polar surface area (TPSA) is 25.2 Å². The van der Waals surface area contributed by atoms with Crippen LogP contribution in [0.25, 0.3) is 10.9 Å². The summed E-state index contributed by atoms with van der Waals surface area (Å²) in [4.78, 5) is 15.8. The van der Waals surface area contributed by atoms with Gasteiger partial charge in [0.2, 0.25) is 5.91 Å². The Kier molecular flexibility index (Phi) is 4.58. The molecule has 0 radical (unpaired) electrons. The van der Waals surface area contributed by atoms with E-state index < -0.39 is 0 Å². The van der Waals surface area contributed by atoms with Crippen LogP contribution in [0, 0.1) is 5.92 Å². The summed E-state index contributed by atoms with van der Waals surface area (Å²) in [7, 11) is 2.08. The summed E-state index contributed by atoms with van der Waals surface area (Å²) in [6.45, 7) is 3.12. The van der Waals surface area contributed by atoms with E-state index in [1.54, 1.807) is 0 Å². The second-order valence-electron chi connectivity index (χ2n) is 7.96. The Morgan fingerprint density at radius 1 is 1.16 bits per heavy atom. The molecule has 25 heavy (non-hydrogen) atoms. The number of nitrogens with zero attached hydrogens (tertiary/aromatic N) is 2. The quantitative estimate of drug-likeness (QED) is 0.785. The third-order valence-corrected chi connectivity index (χ3v) is 6.54. The molecule has 3 atom stereocenters. The first-order valence-corrected chi connectivity index (χ1v) is 10.0. The number of likely N-dealkylation sites (tertiary alicyclic amines) is 1. The summed E-state index contributed by atoms with van der Waals surface area (Å²) < 4.78 is 2.17. The number of fused-ring (bicyclic) bond motifs is 2. The first-order valence-electron chi connectivity index (χ1n) is 10.0. The van der Waals surface area contributed by atoms with E-state index in [-0.39, 0.29) is 5.92 Å². The Labute approximate surface area is 151 Å². The molecule has 2 aromatic rings. The molecule has 3 nitrogen and oxygen atoms in total. The number of carbonyl (C=O) groups excluding carboxylic acids is 1. The van der Waals surface area contributed by atoms with Crippen LogP contribution in [0.2, 0.25) is 0 Å². The molecule has 0 bridgehead atoms. The van der Waals surface area contributed by atoms with Gasteiger partial charge in [-0.2, -0.15) is 0 Å². The smallest absolute Gasteiger partial charge is 0.230 e. The lowest BCUT2D eigenvalue weighted by molar-refractivity contribution is -0.139. The minimum absolute atomic E-state index is 0.00761. The van der Waals surface area contributed by atoms with E-state index >= 15 is 0 Å². The fraction of sp³-hybridized carbons (Fsp3) is 0.591. The molecular formula is C22H30N2O. The molecule has 2 fully saturated rings. The van der Waals surface area contributed by atoms with E-state index in [1.807, 2.05) is 0 Å². The fourth-order valence-corrected chi connectivity index (χ4v) is 5.28. The highest BCUT2D eigenvalue weighted by atomic mass is 16.2. The molecule has 0 spiro atoms. The highest BCUT2D eigenvalue weighted by Gasteiger charge is 2.38. The van der Waals surface area contributed by atoms with Crippen LogP contribution in [0.4, 0.5) is 0 Å². The number of piperidine rings is 1. The Bertz CT molecular complexity index is 760. The standard InChI is InChI=1S/C22H30N2O/c1-3-17(19-15-23(2)21-13-7-5-11-18(19)21)22(25)24-14-8-10-16-9-4-6-12-20(16)24/h5,7,11,13,15-17,20H,3-4,6,8-10,12,14H2,1-2H3. The zero-order valence-electron chi connectivity index (χ0n) is 15.6. The summed E-state index contributed by atoms with van der Waals surface area (Å²) in [5, 5.41) is 1.24. The number of hydrogen-bond donors (Lipinski definition) is 0. The van der Waals surface area contributed by atoms with Crippen molar-refractivity contribution >= 4 is 16.8 Å². The van der Waals surface area contributed by atoms with Crippen molar-refractivity contribution in [3.63, 3.8) is 0 Å². The van der Waals surface area contributed by atoms with Gasteiger partial charge in [0.25, 0.3) is 0 Å². The fourth-order valence-electron chi connectivity index (χ4n) is 5.28. The first-order chi connectivity index (χ1) is 12.2. The van der Waals surface area contributed by atoms with Crippen molar-refractivity contribution in [3.05, 3.63) is 36.0 Å². The monoisotopic (exact) mass is 338 g/mol. The van der Waals surface area contributed by atoms with Crippen molar-refractivity contribution in [1.29, 1.82) is 0 Å². The predicted molar refractivity (Wildman–Crippen MR) is 103 cm³/mol. The van der Waals surface area contributed by atoms with Gasteiger partial charge in [0.05, 0.1) is 5.92 Å². The van der Waals surface area contributed by atoms with Gasteiger partial charge in [-0.25, -0.2) is 0 Å². The molecule has 0 N–H and O–H groups in total. The van der Waals surface area contributed by atoms with E-state index in [9.17, 15) is 4.79 Å². The molecule has 2 aliphatic rings. The van der Waals surface area contributed by atoms with Gasteiger partial charge in [0, 0.05) is 36.7 Å². The van der Waals surface area contributed by atoms with Crippen molar-refractivity contribution in [2.24, 2.45) is 13.0 Å². The molecule has 1 aromatic heterocycles. The lowest BCUT2D eigenvalue weighted by atomic mass is 9.77. The number of rotatable bonds is 3. The number of aromatic nitrogens is 1. The van der Waals surface area contributed by atoms with Crippen molar-refractivity contribution in [2.45, 2.75) is 63.8 Å². The second-order valence-corrected chi connectivity index (χ2v) is 7.96. The molecule has 1 aromatic carbocycles. The number of para-hydroxylation sites is 1. The second kappa shape index (κ2) is 6.86. The first kappa shape index (κ1) is 16.7. The average molecular weight is 338 g/mol. The minimum Gasteiger partial charge on any atom is -0.350 e. The summed E-state index contributed by atoms with van der Waals surface area (Å²) in [5.74, 6) is 1.11. The maximum absolute atomic E-state index is 13.6. The van der Waals surface area contributed by atoms with Gasteiger partial charge >= 0.3 is 0 Å².